The molecule has 0 bridgehead atoms. The van der Waals surface area contributed by atoms with Crippen molar-refractivity contribution in [3.8, 4) is 23.0 Å². The van der Waals surface area contributed by atoms with Crippen LogP contribution >= 0.6 is 0 Å². The van der Waals surface area contributed by atoms with Gasteiger partial charge in [0, 0.05) is 24.0 Å². The lowest BCUT2D eigenvalue weighted by Crippen LogP contribution is -2.16. The molecule has 2 aliphatic heterocycles. The molecule has 254 valence electrons. The second-order valence-corrected chi connectivity index (χ2v) is 13.1. The Morgan fingerprint density at radius 3 is 1.38 bits per heavy atom. The zero-order valence-corrected chi connectivity index (χ0v) is 28.8. The minimum Gasteiger partial charge on any atom is -0.457 e. The van der Waals surface area contributed by atoms with Gasteiger partial charge >= 0.3 is 11.9 Å². The van der Waals surface area contributed by atoms with Gasteiger partial charge in [-0.3, -0.25) is 0 Å². The van der Waals surface area contributed by atoms with Crippen molar-refractivity contribution in [3.05, 3.63) is 153 Å². The molecule has 2 heterocycles. The van der Waals surface area contributed by atoms with E-state index >= 15 is 0 Å². The minimum absolute atomic E-state index is 0.131. The molecule has 0 fully saturated rings. The predicted molar refractivity (Wildman–Crippen MR) is 193 cm³/mol. The van der Waals surface area contributed by atoms with Crippen LogP contribution in [0.3, 0.4) is 0 Å². The van der Waals surface area contributed by atoms with Crippen LogP contribution in [0.15, 0.2) is 97.1 Å². The van der Waals surface area contributed by atoms with Crippen LogP contribution in [-0.2, 0) is 48.4 Å². The van der Waals surface area contributed by atoms with Crippen LogP contribution in [0.1, 0.15) is 105 Å². The number of carbonyl (C=O) groups excluding carboxylic acids is 2. The lowest BCUT2D eigenvalue weighted by molar-refractivity contribution is 0.0457. The number of esters is 2. The van der Waals surface area contributed by atoms with Crippen molar-refractivity contribution in [2.24, 2.45) is 0 Å². The van der Waals surface area contributed by atoms with E-state index in [1.54, 1.807) is 0 Å². The maximum absolute atomic E-state index is 13.7. The number of fused-ring (bicyclic) bond motifs is 4. The molecule has 50 heavy (non-hydrogen) atoms. The van der Waals surface area contributed by atoms with E-state index in [-0.39, 0.29) is 25.2 Å². The fourth-order valence-corrected chi connectivity index (χ4v) is 6.85. The summed E-state index contributed by atoms with van der Waals surface area (Å²) in [6.07, 6.45) is 6.87. The fraction of sp³-hybridized carbons (Fsp3) is 0.273. The lowest BCUT2D eigenvalue weighted by Gasteiger charge is -2.24. The summed E-state index contributed by atoms with van der Waals surface area (Å²) in [4.78, 5) is 27.4. The highest BCUT2D eigenvalue weighted by molar-refractivity contribution is 5.95. The summed E-state index contributed by atoms with van der Waals surface area (Å²) in [7, 11) is 0. The van der Waals surface area contributed by atoms with Crippen molar-refractivity contribution in [1.29, 1.82) is 0 Å². The third-order valence-electron chi connectivity index (χ3n) is 9.60. The van der Waals surface area contributed by atoms with Gasteiger partial charge in [0.15, 0.2) is 0 Å². The van der Waals surface area contributed by atoms with Crippen molar-refractivity contribution < 1.29 is 28.5 Å². The third-order valence-corrected chi connectivity index (χ3v) is 9.60. The first-order chi connectivity index (χ1) is 24.5. The molecule has 6 heteroatoms. The Morgan fingerprint density at radius 2 is 0.960 bits per heavy atom. The molecule has 0 unspecified atom stereocenters. The molecule has 2 aliphatic rings. The van der Waals surface area contributed by atoms with Crippen LogP contribution in [0.25, 0.3) is 0 Å². The van der Waals surface area contributed by atoms with Crippen LogP contribution < -0.4 is 9.47 Å². The second-order valence-electron chi connectivity index (χ2n) is 13.1. The molecule has 0 amide bonds. The Morgan fingerprint density at radius 1 is 0.540 bits per heavy atom. The van der Waals surface area contributed by atoms with E-state index in [2.05, 4.69) is 13.8 Å². The second kappa shape index (κ2) is 15.0. The topological polar surface area (TPSA) is 71.1 Å². The van der Waals surface area contributed by atoms with Crippen molar-refractivity contribution >= 4 is 11.9 Å². The normalized spacial score (nSPS) is 12.4. The Hall–Kier alpha value is -5.36. The Balaban J connectivity index is 1.02. The Bertz CT molecular complexity index is 1880. The first-order valence-electron chi connectivity index (χ1n) is 17.8. The van der Waals surface area contributed by atoms with E-state index in [9.17, 15) is 9.59 Å². The summed E-state index contributed by atoms with van der Waals surface area (Å²) in [6, 6.07) is 31.5. The fourth-order valence-electron chi connectivity index (χ4n) is 6.85. The van der Waals surface area contributed by atoms with Crippen molar-refractivity contribution in [2.45, 2.75) is 78.4 Å². The smallest absolute Gasteiger partial charge is 0.339 e. The van der Waals surface area contributed by atoms with Gasteiger partial charge in [0.25, 0.3) is 0 Å². The summed E-state index contributed by atoms with van der Waals surface area (Å²) in [5.41, 5.74) is 8.79. The van der Waals surface area contributed by atoms with Crippen LogP contribution in [0.5, 0.6) is 23.0 Å². The van der Waals surface area contributed by atoms with E-state index in [1.807, 2.05) is 97.1 Å². The molecule has 0 aliphatic carbocycles. The van der Waals surface area contributed by atoms with Gasteiger partial charge in [-0.1, -0.05) is 99.5 Å². The molecule has 0 radical (unpaired) electrons. The molecule has 0 atom stereocenters. The van der Waals surface area contributed by atoms with Gasteiger partial charge in [-0.15, -0.1) is 0 Å². The average molecular weight is 667 g/mol. The standard InChI is InChI=1S/C44H42O6/c1-3-5-11-31-21-23-39-35(25-33-13-7-9-15-37(33)49-39)41(31)43(45)47-27-29-17-19-30(20-18-29)28-48-44(46)42-32(12-6-4-2)22-24-40-36(42)26-34-14-8-10-16-38(34)50-40/h7-10,13-24H,3-6,11-12,25-28H2,1-2H3. The molecule has 0 spiro atoms. The average Bonchev–Trinajstić information content (AvgIpc) is 3.15. The van der Waals surface area contributed by atoms with Crippen molar-refractivity contribution in [3.63, 3.8) is 0 Å². The summed E-state index contributed by atoms with van der Waals surface area (Å²) in [5.74, 6) is 2.38. The number of rotatable bonds is 12. The van der Waals surface area contributed by atoms with Crippen molar-refractivity contribution in [1.82, 2.24) is 0 Å². The number of carbonyl (C=O) groups is 2. The Kier molecular flexibility index (Phi) is 9.97. The van der Waals surface area contributed by atoms with E-state index < -0.39 is 0 Å². The molecule has 0 saturated heterocycles. The number of hydrogen-bond donors (Lipinski definition) is 0. The first kappa shape index (κ1) is 33.2. The molecule has 0 N–H and O–H groups in total. The predicted octanol–water partition coefficient (Wildman–Crippen LogP) is 10.5. The monoisotopic (exact) mass is 666 g/mol. The minimum atomic E-state index is -0.342. The third kappa shape index (κ3) is 7.02. The van der Waals surface area contributed by atoms with Crippen molar-refractivity contribution in [2.75, 3.05) is 0 Å². The summed E-state index contributed by atoms with van der Waals surface area (Å²) < 4.78 is 24.2. The quantitative estimate of drug-likeness (QED) is 0.121. The Labute approximate surface area is 294 Å². The zero-order chi connectivity index (χ0) is 34.5. The van der Waals surface area contributed by atoms with E-state index in [4.69, 9.17) is 18.9 Å². The molecule has 5 aromatic rings. The number of aryl methyl sites for hydroxylation is 2. The van der Waals surface area contributed by atoms with E-state index in [1.165, 1.54) is 0 Å². The largest absolute Gasteiger partial charge is 0.457 e. The maximum atomic E-state index is 13.7. The van der Waals surface area contributed by atoms with Gasteiger partial charge in [0.05, 0.1) is 11.1 Å². The van der Waals surface area contributed by atoms with Crippen LogP contribution in [0.4, 0.5) is 0 Å². The number of ether oxygens (including phenoxy) is 4. The number of unbranched alkanes of at least 4 members (excludes halogenated alkanes) is 2. The van der Waals surface area contributed by atoms with Crippen LogP contribution in [0, 0.1) is 0 Å². The molecule has 0 aromatic heterocycles. The van der Waals surface area contributed by atoms with Crippen LogP contribution in [-0.4, -0.2) is 11.9 Å². The molecule has 5 aromatic carbocycles. The summed E-state index contributed by atoms with van der Waals surface area (Å²) in [5, 5.41) is 0. The molecular formula is C44H42O6. The number of benzene rings is 5. The maximum Gasteiger partial charge on any atom is 0.339 e. The zero-order valence-electron chi connectivity index (χ0n) is 28.8. The first-order valence-corrected chi connectivity index (χ1v) is 17.8. The van der Waals surface area contributed by atoms with Gasteiger partial charge in [-0.25, -0.2) is 9.59 Å². The van der Waals surface area contributed by atoms with Gasteiger partial charge in [-0.05, 0) is 83.3 Å². The highest BCUT2D eigenvalue weighted by atomic mass is 16.5. The van der Waals surface area contributed by atoms with E-state index in [0.29, 0.717) is 35.5 Å². The molecule has 7 rings (SSSR count). The van der Waals surface area contributed by atoms with Gasteiger partial charge < -0.3 is 18.9 Å². The molecule has 0 saturated carbocycles. The van der Waals surface area contributed by atoms with Gasteiger partial charge in [0.1, 0.15) is 36.2 Å². The SMILES string of the molecule is CCCCc1ccc2c(c1C(=O)OCc1ccc(COC(=O)c3c(CCCC)ccc4c3Cc3ccccc3O4)cc1)Cc1ccccc1O2. The van der Waals surface area contributed by atoms with E-state index in [0.717, 1.165) is 94.5 Å². The highest BCUT2D eigenvalue weighted by Crippen LogP contribution is 2.41. The van der Waals surface area contributed by atoms with Gasteiger partial charge in [0.2, 0.25) is 0 Å². The summed E-state index contributed by atoms with van der Waals surface area (Å²) in [6.45, 7) is 4.55. The number of hydrogen-bond acceptors (Lipinski definition) is 6. The van der Waals surface area contributed by atoms with Crippen LogP contribution in [0.2, 0.25) is 0 Å². The highest BCUT2D eigenvalue weighted by Gasteiger charge is 2.28. The molecule has 6 nitrogen and oxygen atoms in total. The lowest BCUT2D eigenvalue weighted by atomic mass is 9.90. The van der Waals surface area contributed by atoms with Gasteiger partial charge in [-0.2, -0.15) is 0 Å². The number of para-hydroxylation sites is 2. The summed E-state index contributed by atoms with van der Waals surface area (Å²) >= 11 is 0. The molecular weight excluding hydrogens is 624 g/mol.